The van der Waals surface area contributed by atoms with Gasteiger partial charge < -0.3 is 10.1 Å². The van der Waals surface area contributed by atoms with E-state index in [0.29, 0.717) is 29.9 Å². The lowest BCUT2D eigenvalue weighted by atomic mass is 9.85. The minimum Gasteiger partial charge on any atom is -0.494 e. The van der Waals surface area contributed by atoms with E-state index in [1.165, 1.54) is 23.9 Å². The van der Waals surface area contributed by atoms with Gasteiger partial charge in [0.1, 0.15) is 17.6 Å². The fourth-order valence-electron chi connectivity index (χ4n) is 4.25. The van der Waals surface area contributed by atoms with E-state index in [4.69, 9.17) is 9.84 Å². The number of carbonyl (C=O) groups excluding carboxylic acids is 1. The Morgan fingerprint density at radius 3 is 2.94 bits per heavy atom. The number of hydrogen-bond acceptors (Lipinski definition) is 6. The van der Waals surface area contributed by atoms with Gasteiger partial charge in [0.15, 0.2) is 5.78 Å². The van der Waals surface area contributed by atoms with Crippen LogP contribution in [-0.2, 0) is 10.5 Å². The summed E-state index contributed by atoms with van der Waals surface area (Å²) in [7, 11) is 0. The first-order chi connectivity index (χ1) is 15.6. The number of ketones is 1. The van der Waals surface area contributed by atoms with Gasteiger partial charge in [-0.15, -0.1) is 5.10 Å². The van der Waals surface area contributed by atoms with Crippen molar-refractivity contribution in [2.45, 2.75) is 43.1 Å². The predicted molar refractivity (Wildman–Crippen MR) is 121 cm³/mol. The number of hydrogen-bond donors (Lipinski definition) is 1. The average Bonchev–Trinajstić information content (AvgIpc) is 3.20. The van der Waals surface area contributed by atoms with Gasteiger partial charge in [-0.05, 0) is 43.5 Å². The highest BCUT2D eigenvalue weighted by Crippen LogP contribution is 2.43. The smallest absolute Gasteiger partial charge is 0.227 e. The number of ether oxygens (including phenoxy) is 1. The third-order valence-electron chi connectivity index (χ3n) is 5.62. The van der Waals surface area contributed by atoms with Crippen LogP contribution in [0, 0.1) is 5.82 Å². The van der Waals surface area contributed by atoms with Crippen LogP contribution in [0.2, 0.25) is 0 Å². The molecule has 164 valence electrons. The molecule has 5 rings (SSSR count). The molecule has 2 aromatic carbocycles. The summed E-state index contributed by atoms with van der Waals surface area (Å²) in [5.41, 5.74) is 3.41. The second-order valence-electron chi connectivity index (χ2n) is 7.75. The second kappa shape index (κ2) is 8.78. The first-order valence-electron chi connectivity index (χ1n) is 10.7. The molecular formula is C24H23FN4O2S. The van der Waals surface area contributed by atoms with Gasteiger partial charge in [-0.1, -0.05) is 42.1 Å². The molecule has 6 nitrogen and oxygen atoms in total. The largest absolute Gasteiger partial charge is 0.494 e. The Kier molecular flexibility index (Phi) is 5.70. The number of rotatable bonds is 6. The lowest BCUT2D eigenvalue weighted by molar-refractivity contribution is -0.116. The number of nitrogens with one attached hydrogen (secondary N) is 1. The Morgan fingerprint density at radius 2 is 2.09 bits per heavy atom. The molecule has 0 saturated carbocycles. The van der Waals surface area contributed by atoms with E-state index in [9.17, 15) is 9.18 Å². The molecule has 0 radical (unpaired) electrons. The molecule has 32 heavy (non-hydrogen) atoms. The summed E-state index contributed by atoms with van der Waals surface area (Å²) in [6.07, 6.45) is 2.14. The van der Waals surface area contributed by atoms with Crippen LogP contribution in [0.15, 0.2) is 65.0 Å². The molecule has 0 saturated heterocycles. The Labute approximate surface area is 189 Å². The van der Waals surface area contributed by atoms with E-state index in [-0.39, 0.29) is 11.6 Å². The number of thioether (sulfide) groups is 1. The molecule has 1 aliphatic carbocycles. The molecule has 8 heteroatoms. The first kappa shape index (κ1) is 20.8. The van der Waals surface area contributed by atoms with Crippen LogP contribution in [0.25, 0.3) is 0 Å². The third kappa shape index (κ3) is 3.90. The number of halogens is 1. The van der Waals surface area contributed by atoms with E-state index in [1.807, 2.05) is 37.3 Å². The molecule has 0 fully saturated rings. The average molecular weight is 451 g/mol. The van der Waals surface area contributed by atoms with Gasteiger partial charge in [-0.2, -0.15) is 4.98 Å². The molecule has 3 aromatic rings. The van der Waals surface area contributed by atoms with Gasteiger partial charge in [-0.3, -0.25) is 4.79 Å². The topological polar surface area (TPSA) is 69.0 Å². The highest BCUT2D eigenvalue weighted by atomic mass is 32.2. The molecule has 0 unspecified atom stereocenters. The number of nitrogens with zero attached hydrogens (tertiary/aromatic N) is 3. The molecule has 2 aliphatic rings. The minimum absolute atomic E-state index is 0.130. The zero-order chi connectivity index (χ0) is 22.1. The zero-order valence-corrected chi connectivity index (χ0v) is 18.5. The number of fused-ring (bicyclic) bond motifs is 1. The van der Waals surface area contributed by atoms with Gasteiger partial charge in [-0.25, -0.2) is 9.07 Å². The number of benzene rings is 2. The normalized spacial score (nSPS) is 17.6. The number of para-hydroxylation sites is 1. The van der Waals surface area contributed by atoms with Crippen LogP contribution in [0.3, 0.4) is 0 Å². The van der Waals surface area contributed by atoms with Crippen LogP contribution in [0.5, 0.6) is 5.75 Å². The van der Waals surface area contributed by atoms with Crippen molar-refractivity contribution in [3.05, 3.63) is 76.7 Å². The number of Topliss-reactive ketones (excluding diaryl/α,β-unsaturated/α-hetero) is 1. The van der Waals surface area contributed by atoms with E-state index >= 15 is 0 Å². The van der Waals surface area contributed by atoms with Crippen molar-refractivity contribution in [1.82, 2.24) is 14.8 Å². The summed E-state index contributed by atoms with van der Waals surface area (Å²) >= 11 is 1.44. The highest BCUT2D eigenvalue weighted by Gasteiger charge is 2.38. The molecule has 0 bridgehead atoms. The number of allylic oxidation sites excluding steroid dienone is 2. The molecule has 0 amide bonds. The van der Waals surface area contributed by atoms with E-state index < -0.39 is 6.04 Å². The summed E-state index contributed by atoms with van der Waals surface area (Å²) in [6.45, 7) is 2.47. The molecule has 0 spiro atoms. The molecule has 2 heterocycles. The quantitative estimate of drug-likeness (QED) is 0.525. The minimum atomic E-state index is -0.396. The third-order valence-corrected chi connectivity index (χ3v) is 6.53. The standard InChI is InChI=1S/C24H23FN4O2S/c1-2-31-20-12-4-3-9-17(20)22-21-18(10-6-11-19(21)30)26-23-27-24(28-29(22)23)32-14-15-7-5-8-16(25)13-15/h3-5,7-9,12-13,22H,2,6,10-11,14H2,1H3,(H,26,27,28)/t22-/m1/s1. The molecule has 1 aliphatic heterocycles. The van der Waals surface area contributed by atoms with Gasteiger partial charge >= 0.3 is 0 Å². The van der Waals surface area contributed by atoms with Crippen LogP contribution in [0.4, 0.5) is 10.3 Å². The summed E-state index contributed by atoms with van der Waals surface area (Å²) in [5, 5.41) is 8.66. The summed E-state index contributed by atoms with van der Waals surface area (Å²) in [5.74, 6) is 1.77. The highest BCUT2D eigenvalue weighted by molar-refractivity contribution is 7.98. The lowest BCUT2D eigenvalue weighted by Crippen LogP contribution is -2.31. The van der Waals surface area contributed by atoms with Crippen LogP contribution < -0.4 is 10.1 Å². The van der Waals surface area contributed by atoms with Crippen molar-refractivity contribution in [3.8, 4) is 5.75 Å². The summed E-state index contributed by atoms with van der Waals surface area (Å²) < 4.78 is 21.2. The van der Waals surface area contributed by atoms with Gasteiger partial charge in [0.2, 0.25) is 11.1 Å². The van der Waals surface area contributed by atoms with Crippen molar-refractivity contribution in [3.63, 3.8) is 0 Å². The summed E-state index contributed by atoms with van der Waals surface area (Å²) in [4.78, 5) is 17.7. The number of anilines is 1. The summed E-state index contributed by atoms with van der Waals surface area (Å²) in [6, 6.07) is 13.9. The maximum absolute atomic E-state index is 13.5. The molecule has 1 N–H and O–H groups in total. The Morgan fingerprint density at radius 1 is 1.22 bits per heavy atom. The predicted octanol–water partition coefficient (Wildman–Crippen LogP) is 5.13. The van der Waals surface area contributed by atoms with Gasteiger partial charge in [0.25, 0.3) is 0 Å². The van der Waals surface area contributed by atoms with Gasteiger partial charge in [0.05, 0.1) is 6.61 Å². The van der Waals surface area contributed by atoms with Gasteiger partial charge in [0, 0.05) is 29.0 Å². The number of carbonyl (C=O) groups is 1. The lowest BCUT2D eigenvalue weighted by Gasteiger charge is -2.32. The maximum atomic E-state index is 13.5. The fourth-order valence-corrected chi connectivity index (χ4v) is 5.03. The van der Waals surface area contributed by atoms with Crippen LogP contribution >= 0.6 is 11.8 Å². The van der Waals surface area contributed by atoms with E-state index in [2.05, 4.69) is 10.3 Å². The zero-order valence-electron chi connectivity index (χ0n) is 17.7. The Bertz CT molecular complexity index is 1210. The SMILES string of the molecule is CCOc1ccccc1[C@@H]1C2=C(CCCC2=O)Nc2nc(SCc3cccc(F)c3)nn21. The Hall–Kier alpha value is -3.13. The van der Waals surface area contributed by atoms with Crippen molar-refractivity contribution in [1.29, 1.82) is 0 Å². The Balaban J connectivity index is 1.53. The molecular weight excluding hydrogens is 427 g/mol. The molecule has 1 atom stereocenters. The first-order valence-corrected chi connectivity index (χ1v) is 11.7. The number of aromatic nitrogens is 3. The maximum Gasteiger partial charge on any atom is 0.227 e. The van der Waals surface area contributed by atoms with Crippen molar-refractivity contribution in [2.24, 2.45) is 0 Å². The van der Waals surface area contributed by atoms with E-state index in [0.717, 1.165) is 41.0 Å². The van der Waals surface area contributed by atoms with Crippen LogP contribution in [-0.4, -0.2) is 27.2 Å². The second-order valence-corrected chi connectivity index (χ2v) is 8.69. The van der Waals surface area contributed by atoms with Crippen molar-refractivity contribution >= 4 is 23.5 Å². The monoisotopic (exact) mass is 450 g/mol. The van der Waals surface area contributed by atoms with E-state index in [1.54, 1.807) is 10.7 Å². The molecule has 1 aromatic heterocycles. The fraction of sp³-hybridized carbons (Fsp3) is 0.292. The van der Waals surface area contributed by atoms with Crippen molar-refractivity contribution < 1.29 is 13.9 Å². The van der Waals surface area contributed by atoms with Crippen molar-refractivity contribution in [2.75, 3.05) is 11.9 Å². The van der Waals surface area contributed by atoms with Crippen LogP contribution in [0.1, 0.15) is 43.4 Å².